The van der Waals surface area contributed by atoms with Crippen LogP contribution in [-0.2, 0) is 0 Å². The molecule has 6 nitrogen and oxygen atoms in total. The molecule has 19 heavy (non-hydrogen) atoms. The maximum atomic E-state index is 12.3. The van der Waals surface area contributed by atoms with Crippen LogP contribution in [0, 0.1) is 10.1 Å². The Kier molecular flexibility index (Phi) is 4.01. The Hall–Kier alpha value is -1.66. The monoisotopic (exact) mass is 283 g/mol. The van der Waals surface area contributed by atoms with E-state index in [1.165, 1.54) is 18.2 Å². The largest absolute Gasteiger partial charge is 0.336 e. The van der Waals surface area contributed by atoms with Crippen LogP contribution < -0.4 is 5.32 Å². The van der Waals surface area contributed by atoms with Crippen molar-refractivity contribution in [3.05, 3.63) is 38.9 Å². The molecule has 1 saturated heterocycles. The Morgan fingerprint density at radius 2 is 2.32 bits per heavy atom. The number of rotatable bonds is 2. The Balaban J connectivity index is 2.30. The highest BCUT2D eigenvalue weighted by atomic mass is 35.5. The summed E-state index contributed by atoms with van der Waals surface area (Å²) in [5.41, 5.74) is -0.160. The minimum Gasteiger partial charge on any atom is -0.336 e. The van der Waals surface area contributed by atoms with Gasteiger partial charge >= 0.3 is 0 Å². The number of hydrogen-bond acceptors (Lipinski definition) is 4. The first-order chi connectivity index (χ1) is 8.99. The molecule has 1 aliphatic rings. The van der Waals surface area contributed by atoms with Crippen molar-refractivity contribution in [2.45, 2.75) is 13.0 Å². The number of piperazine rings is 1. The second-order valence-electron chi connectivity index (χ2n) is 4.52. The van der Waals surface area contributed by atoms with E-state index in [4.69, 9.17) is 11.6 Å². The molecule has 102 valence electrons. The zero-order valence-electron chi connectivity index (χ0n) is 10.4. The molecule has 1 N–H and O–H groups in total. The van der Waals surface area contributed by atoms with Crippen molar-refractivity contribution in [1.29, 1.82) is 0 Å². The number of halogens is 1. The summed E-state index contributed by atoms with van der Waals surface area (Å²) >= 11 is 5.74. The lowest BCUT2D eigenvalue weighted by atomic mass is 10.1. The van der Waals surface area contributed by atoms with Gasteiger partial charge in [-0.3, -0.25) is 14.9 Å². The molecule has 1 amide bonds. The maximum Gasteiger partial charge on any atom is 0.283 e. The molecule has 1 fully saturated rings. The predicted octanol–water partition coefficient (Wildman–Crippen LogP) is 1.68. The topological polar surface area (TPSA) is 75.5 Å². The van der Waals surface area contributed by atoms with Gasteiger partial charge in [0, 0.05) is 36.8 Å². The van der Waals surface area contributed by atoms with Crippen molar-refractivity contribution in [1.82, 2.24) is 10.2 Å². The molecule has 1 aliphatic heterocycles. The standard InChI is InChI=1S/C12H14ClN3O3/c1-8-7-15(5-4-14-8)12(17)10-3-2-9(13)6-11(10)16(18)19/h2-3,6,8,14H,4-5,7H2,1H3/t8-/m0/s1. The molecule has 0 saturated carbocycles. The van der Waals surface area contributed by atoms with Gasteiger partial charge in [-0.2, -0.15) is 0 Å². The lowest BCUT2D eigenvalue weighted by Gasteiger charge is -2.31. The number of nitro benzene ring substituents is 1. The van der Waals surface area contributed by atoms with E-state index in [2.05, 4.69) is 5.32 Å². The molecule has 0 aromatic heterocycles. The van der Waals surface area contributed by atoms with Crippen LogP contribution in [-0.4, -0.2) is 41.4 Å². The van der Waals surface area contributed by atoms with Crippen LogP contribution in [0.15, 0.2) is 18.2 Å². The number of carbonyl (C=O) groups is 1. The van der Waals surface area contributed by atoms with E-state index in [1.807, 2.05) is 6.92 Å². The Labute approximate surface area is 115 Å². The van der Waals surface area contributed by atoms with E-state index in [1.54, 1.807) is 4.90 Å². The molecule has 1 aromatic carbocycles. The maximum absolute atomic E-state index is 12.3. The van der Waals surface area contributed by atoms with Crippen LogP contribution in [0.1, 0.15) is 17.3 Å². The van der Waals surface area contributed by atoms with E-state index in [0.29, 0.717) is 19.6 Å². The van der Waals surface area contributed by atoms with E-state index in [9.17, 15) is 14.9 Å². The van der Waals surface area contributed by atoms with E-state index in [-0.39, 0.29) is 28.2 Å². The molecule has 1 aromatic rings. The van der Waals surface area contributed by atoms with Gasteiger partial charge in [0.25, 0.3) is 11.6 Å². The van der Waals surface area contributed by atoms with Crippen LogP contribution in [0.4, 0.5) is 5.69 Å². The summed E-state index contributed by atoms with van der Waals surface area (Å²) < 4.78 is 0. The highest BCUT2D eigenvalue weighted by Gasteiger charge is 2.27. The summed E-state index contributed by atoms with van der Waals surface area (Å²) in [6.07, 6.45) is 0. The zero-order valence-corrected chi connectivity index (χ0v) is 11.2. The molecule has 0 aliphatic carbocycles. The summed E-state index contributed by atoms with van der Waals surface area (Å²) in [5, 5.41) is 14.5. The summed E-state index contributed by atoms with van der Waals surface area (Å²) in [6, 6.07) is 4.30. The second kappa shape index (κ2) is 5.54. The van der Waals surface area contributed by atoms with Gasteiger partial charge < -0.3 is 10.2 Å². The van der Waals surface area contributed by atoms with Crippen LogP contribution >= 0.6 is 11.6 Å². The predicted molar refractivity (Wildman–Crippen MR) is 71.5 cm³/mol. The van der Waals surface area contributed by atoms with Crippen LogP contribution in [0.5, 0.6) is 0 Å². The Morgan fingerprint density at radius 1 is 1.58 bits per heavy atom. The number of benzene rings is 1. The molecule has 1 heterocycles. The lowest BCUT2D eigenvalue weighted by molar-refractivity contribution is -0.385. The SMILES string of the molecule is C[C@H]1CN(C(=O)c2ccc(Cl)cc2[N+](=O)[O-])CCN1. The summed E-state index contributed by atoms with van der Waals surface area (Å²) in [7, 11) is 0. The summed E-state index contributed by atoms with van der Waals surface area (Å²) in [6.45, 7) is 3.74. The van der Waals surface area contributed by atoms with Gasteiger partial charge in [0.15, 0.2) is 0 Å². The third-order valence-electron chi connectivity index (χ3n) is 3.04. The highest BCUT2D eigenvalue weighted by Crippen LogP contribution is 2.24. The van der Waals surface area contributed by atoms with Gasteiger partial charge in [-0.05, 0) is 19.1 Å². The quantitative estimate of drug-likeness (QED) is 0.662. The van der Waals surface area contributed by atoms with Crippen molar-refractivity contribution >= 4 is 23.2 Å². The molecule has 2 rings (SSSR count). The molecule has 0 bridgehead atoms. The first-order valence-electron chi connectivity index (χ1n) is 5.95. The first kappa shape index (κ1) is 13.8. The number of nitrogens with one attached hydrogen (secondary N) is 1. The summed E-state index contributed by atoms with van der Waals surface area (Å²) in [4.78, 5) is 24.4. The Morgan fingerprint density at radius 3 is 2.95 bits per heavy atom. The van der Waals surface area contributed by atoms with Gasteiger partial charge in [-0.25, -0.2) is 0 Å². The number of nitrogens with zero attached hydrogens (tertiary/aromatic N) is 2. The van der Waals surface area contributed by atoms with Gasteiger partial charge in [-0.1, -0.05) is 11.6 Å². The van der Waals surface area contributed by atoms with Crippen LogP contribution in [0.2, 0.25) is 5.02 Å². The van der Waals surface area contributed by atoms with Crippen LogP contribution in [0.25, 0.3) is 0 Å². The molecule has 7 heteroatoms. The third-order valence-corrected chi connectivity index (χ3v) is 3.28. The fraction of sp³-hybridized carbons (Fsp3) is 0.417. The number of carbonyl (C=O) groups excluding carboxylic acids is 1. The fourth-order valence-corrected chi connectivity index (χ4v) is 2.29. The number of amides is 1. The normalized spacial score (nSPS) is 19.3. The second-order valence-corrected chi connectivity index (χ2v) is 4.96. The van der Waals surface area contributed by atoms with Crippen molar-refractivity contribution in [3.8, 4) is 0 Å². The molecule has 1 atom stereocenters. The first-order valence-corrected chi connectivity index (χ1v) is 6.33. The van der Waals surface area contributed by atoms with Crippen molar-refractivity contribution < 1.29 is 9.72 Å². The molecule has 0 radical (unpaired) electrons. The summed E-state index contributed by atoms with van der Waals surface area (Å²) in [5.74, 6) is -0.322. The smallest absolute Gasteiger partial charge is 0.283 e. The molecule has 0 spiro atoms. The van der Waals surface area contributed by atoms with Crippen molar-refractivity contribution in [3.63, 3.8) is 0 Å². The van der Waals surface area contributed by atoms with Gasteiger partial charge in [-0.15, -0.1) is 0 Å². The third kappa shape index (κ3) is 3.02. The molecular formula is C12H14ClN3O3. The van der Waals surface area contributed by atoms with E-state index in [0.717, 1.165) is 0 Å². The van der Waals surface area contributed by atoms with E-state index < -0.39 is 4.92 Å². The lowest BCUT2D eigenvalue weighted by Crippen LogP contribution is -2.51. The van der Waals surface area contributed by atoms with Crippen molar-refractivity contribution in [2.75, 3.05) is 19.6 Å². The minimum atomic E-state index is -0.579. The fourth-order valence-electron chi connectivity index (χ4n) is 2.12. The molecule has 0 unspecified atom stereocenters. The average molecular weight is 284 g/mol. The minimum absolute atomic E-state index is 0.0866. The highest BCUT2D eigenvalue weighted by molar-refractivity contribution is 6.31. The van der Waals surface area contributed by atoms with Gasteiger partial charge in [0.2, 0.25) is 0 Å². The average Bonchev–Trinajstić information content (AvgIpc) is 2.37. The van der Waals surface area contributed by atoms with Crippen LogP contribution in [0.3, 0.4) is 0 Å². The van der Waals surface area contributed by atoms with Gasteiger partial charge in [0.1, 0.15) is 5.56 Å². The number of nitro groups is 1. The van der Waals surface area contributed by atoms with Gasteiger partial charge in [0.05, 0.1) is 4.92 Å². The zero-order chi connectivity index (χ0) is 14.0. The number of hydrogen-bond donors (Lipinski definition) is 1. The molecular weight excluding hydrogens is 270 g/mol. The van der Waals surface area contributed by atoms with Crippen molar-refractivity contribution in [2.24, 2.45) is 0 Å². The Bertz CT molecular complexity index is 521. The van der Waals surface area contributed by atoms with E-state index >= 15 is 0 Å².